The lowest BCUT2D eigenvalue weighted by molar-refractivity contribution is -0.147. The summed E-state index contributed by atoms with van der Waals surface area (Å²) in [7, 11) is 1.28. The number of hydrogen-bond acceptors (Lipinski definition) is 5. The first-order chi connectivity index (χ1) is 17.1. The number of aromatic nitrogens is 1. The predicted octanol–water partition coefficient (Wildman–Crippen LogP) is 5.67. The van der Waals surface area contributed by atoms with E-state index in [1.165, 1.54) is 23.8 Å². The molecule has 1 aliphatic rings. The number of carbonyl (C=O) groups is 3. The molecule has 188 valence electrons. The molecule has 1 atom stereocenters. The van der Waals surface area contributed by atoms with Crippen LogP contribution in [0, 0.1) is 11.7 Å². The Labute approximate surface area is 209 Å². The van der Waals surface area contributed by atoms with E-state index in [0.717, 1.165) is 5.39 Å². The van der Waals surface area contributed by atoms with Gasteiger partial charge in [0, 0.05) is 30.3 Å². The van der Waals surface area contributed by atoms with Crippen molar-refractivity contribution in [3.8, 4) is 0 Å². The highest BCUT2D eigenvalue weighted by atomic mass is 19.1. The molecule has 0 unspecified atom stereocenters. The molecule has 0 saturated heterocycles. The van der Waals surface area contributed by atoms with Gasteiger partial charge in [-0.2, -0.15) is 0 Å². The molecule has 7 heteroatoms. The summed E-state index contributed by atoms with van der Waals surface area (Å²) < 4.78 is 26.5. The van der Waals surface area contributed by atoms with Gasteiger partial charge in [-0.1, -0.05) is 36.4 Å². The zero-order chi connectivity index (χ0) is 26.0. The van der Waals surface area contributed by atoms with E-state index in [0.29, 0.717) is 34.3 Å². The predicted molar refractivity (Wildman–Crippen MR) is 135 cm³/mol. The minimum atomic E-state index is -0.746. The Balaban J connectivity index is 1.89. The first-order valence-corrected chi connectivity index (χ1v) is 12.0. The Morgan fingerprint density at radius 3 is 2.56 bits per heavy atom. The van der Waals surface area contributed by atoms with Crippen LogP contribution in [-0.2, 0) is 38.3 Å². The molecular weight excluding hydrogens is 461 g/mol. The molecule has 3 aromatic rings. The number of Topliss-reactive ketones (excluding diaryl/α,β-unsaturated/α-hetero) is 1. The topological polar surface area (TPSA) is 74.6 Å². The summed E-state index contributed by atoms with van der Waals surface area (Å²) in [6, 6.07) is 11.9. The molecule has 0 fully saturated rings. The molecule has 36 heavy (non-hydrogen) atoms. The smallest absolute Gasteiger partial charge is 0.419 e. The van der Waals surface area contributed by atoms with Gasteiger partial charge in [0.2, 0.25) is 0 Å². The van der Waals surface area contributed by atoms with Crippen LogP contribution in [0.15, 0.2) is 48.5 Å². The van der Waals surface area contributed by atoms with Gasteiger partial charge in [0.05, 0.1) is 18.5 Å². The first-order valence-electron chi connectivity index (χ1n) is 12.0. The molecule has 0 radical (unpaired) electrons. The van der Waals surface area contributed by atoms with E-state index in [4.69, 9.17) is 9.47 Å². The van der Waals surface area contributed by atoms with Gasteiger partial charge in [0.1, 0.15) is 17.2 Å². The summed E-state index contributed by atoms with van der Waals surface area (Å²) in [6.07, 6.45) is 3.57. The summed E-state index contributed by atoms with van der Waals surface area (Å²) >= 11 is 0. The molecular formula is C29H30FNO5. The second kappa shape index (κ2) is 10.1. The van der Waals surface area contributed by atoms with Gasteiger partial charge in [0.15, 0.2) is 0 Å². The van der Waals surface area contributed by atoms with E-state index in [9.17, 15) is 18.8 Å². The van der Waals surface area contributed by atoms with E-state index in [1.54, 1.807) is 32.9 Å². The molecule has 0 N–H and O–H groups in total. The van der Waals surface area contributed by atoms with Crippen molar-refractivity contribution in [3.05, 3.63) is 76.7 Å². The Morgan fingerprint density at radius 2 is 1.83 bits per heavy atom. The molecule has 1 aliphatic carbocycles. The van der Waals surface area contributed by atoms with Crippen molar-refractivity contribution in [1.82, 2.24) is 4.57 Å². The van der Waals surface area contributed by atoms with E-state index in [2.05, 4.69) is 0 Å². The highest BCUT2D eigenvalue weighted by Gasteiger charge is 2.28. The van der Waals surface area contributed by atoms with Crippen LogP contribution >= 0.6 is 0 Å². The average Bonchev–Trinajstić information content (AvgIpc) is 3.09. The molecule has 0 amide bonds. The SMILES string of the molecule is COC(=O)[C@H]1CC(=O)Cc2c(n(C(=O)OC(C)(C)C)c3ccccc23)CC=Cc2cc(F)cc(c2)C1. The number of ether oxygens (including phenoxy) is 2. The highest BCUT2D eigenvalue weighted by molar-refractivity contribution is 5.97. The van der Waals surface area contributed by atoms with E-state index in [1.807, 2.05) is 30.3 Å². The van der Waals surface area contributed by atoms with Crippen LogP contribution in [0.3, 0.4) is 0 Å². The van der Waals surface area contributed by atoms with Crippen LogP contribution in [0.5, 0.6) is 0 Å². The maximum atomic E-state index is 14.4. The lowest BCUT2D eigenvalue weighted by Gasteiger charge is -2.21. The summed E-state index contributed by atoms with van der Waals surface area (Å²) in [4.78, 5) is 39.1. The van der Waals surface area contributed by atoms with Crippen LogP contribution in [0.25, 0.3) is 17.0 Å². The molecule has 1 aromatic heterocycles. The number of halogens is 1. The molecule has 1 heterocycles. The number of benzene rings is 2. The number of carbonyl (C=O) groups excluding carboxylic acids is 3. The monoisotopic (exact) mass is 491 g/mol. The van der Waals surface area contributed by atoms with Crippen molar-refractivity contribution in [2.75, 3.05) is 7.11 Å². The van der Waals surface area contributed by atoms with Gasteiger partial charge in [-0.05, 0) is 62.1 Å². The molecule has 4 rings (SSSR count). The van der Waals surface area contributed by atoms with Crippen molar-refractivity contribution in [2.45, 2.75) is 52.1 Å². The van der Waals surface area contributed by atoms with Crippen molar-refractivity contribution in [2.24, 2.45) is 5.92 Å². The maximum Gasteiger partial charge on any atom is 0.419 e. The van der Waals surface area contributed by atoms with Crippen molar-refractivity contribution in [3.63, 3.8) is 0 Å². The van der Waals surface area contributed by atoms with Crippen molar-refractivity contribution >= 4 is 34.8 Å². The number of allylic oxidation sites excluding steroid dienone is 1. The second-order valence-electron chi connectivity index (χ2n) is 10.1. The Bertz CT molecular complexity index is 1360. The molecule has 2 aromatic carbocycles. The molecule has 0 aliphatic heterocycles. The quantitative estimate of drug-likeness (QED) is 0.410. The number of esters is 1. The molecule has 0 spiro atoms. The third-order valence-electron chi connectivity index (χ3n) is 6.13. The van der Waals surface area contributed by atoms with Crippen LogP contribution in [0.1, 0.15) is 49.6 Å². The minimum absolute atomic E-state index is 0.0406. The fourth-order valence-corrected chi connectivity index (χ4v) is 4.72. The number of ketones is 1. The number of methoxy groups -OCH3 is 1. The van der Waals surface area contributed by atoms with Crippen LogP contribution in [0.4, 0.5) is 9.18 Å². The third kappa shape index (κ3) is 5.56. The molecule has 2 bridgehead atoms. The van der Waals surface area contributed by atoms with Crippen LogP contribution in [-0.4, -0.2) is 35.1 Å². The molecule has 6 nitrogen and oxygen atoms in total. The molecule has 0 saturated carbocycles. The maximum absolute atomic E-state index is 14.4. The number of rotatable bonds is 1. The van der Waals surface area contributed by atoms with E-state index in [-0.39, 0.29) is 25.0 Å². The Hall–Kier alpha value is -3.74. The number of fused-ring (bicyclic) bond motifs is 5. The largest absolute Gasteiger partial charge is 0.469 e. The van der Waals surface area contributed by atoms with Crippen LogP contribution in [0.2, 0.25) is 0 Å². The average molecular weight is 492 g/mol. The Kier molecular flexibility index (Phi) is 7.11. The minimum Gasteiger partial charge on any atom is -0.469 e. The lowest BCUT2D eigenvalue weighted by atomic mass is 9.91. The van der Waals surface area contributed by atoms with Gasteiger partial charge in [-0.25, -0.2) is 13.8 Å². The zero-order valence-electron chi connectivity index (χ0n) is 21.0. The number of hydrogen-bond donors (Lipinski definition) is 0. The van der Waals surface area contributed by atoms with Gasteiger partial charge in [-0.3, -0.25) is 9.59 Å². The third-order valence-corrected chi connectivity index (χ3v) is 6.13. The number of para-hydroxylation sites is 1. The van der Waals surface area contributed by atoms with Crippen molar-refractivity contribution < 1.29 is 28.2 Å². The fraction of sp³-hybridized carbons (Fsp3) is 0.345. The summed E-state index contributed by atoms with van der Waals surface area (Å²) in [5.74, 6) is -1.86. The zero-order valence-corrected chi connectivity index (χ0v) is 21.0. The fourth-order valence-electron chi connectivity index (χ4n) is 4.72. The summed E-state index contributed by atoms with van der Waals surface area (Å²) in [5.41, 5.74) is 2.50. The van der Waals surface area contributed by atoms with Crippen molar-refractivity contribution in [1.29, 1.82) is 0 Å². The van der Waals surface area contributed by atoms with Gasteiger partial charge in [0.25, 0.3) is 0 Å². The van der Waals surface area contributed by atoms with Gasteiger partial charge >= 0.3 is 12.1 Å². The Morgan fingerprint density at radius 1 is 1.08 bits per heavy atom. The van der Waals surface area contributed by atoms with E-state index >= 15 is 0 Å². The number of nitrogens with zero attached hydrogens (tertiary/aromatic N) is 1. The van der Waals surface area contributed by atoms with Crippen LogP contribution < -0.4 is 0 Å². The summed E-state index contributed by atoms with van der Waals surface area (Å²) in [5, 5.41) is 0.774. The first kappa shape index (κ1) is 25.4. The van der Waals surface area contributed by atoms with Gasteiger partial charge < -0.3 is 9.47 Å². The lowest BCUT2D eigenvalue weighted by Crippen LogP contribution is -2.28. The normalized spacial score (nSPS) is 16.5. The second-order valence-corrected chi connectivity index (χ2v) is 10.1. The van der Waals surface area contributed by atoms with E-state index < -0.39 is 29.4 Å². The highest BCUT2D eigenvalue weighted by Crippen LogP contribution is 2.30. The van der Waals surface area contributed by atoms with Gasteiger partial charge in [-0.15, -0.1) is 0 Å². The summed E-state index contributed by atoms with van der Waals surface area (Å²) in [6.45, 7) is 5.39. The standard InChI is InChI=1S/C29H30FNO5/c1-29(2,3)36-28(34)31-25-10-6-5-9-23(25)24-17-22(32)16-20(27(33)35-4)13-19-12-18(14-21(30)15-19)8-7-11-26(24)31/h5-10,12,14-15,20H,11,13,16-17H2,1-4H3/t20-/m1/s1.